The third-order valence-electron chi connectivity index (χ3n) is 4.02. The number of nitrogen functional groups attached to an aromatic ring is 1. The normalized spacial score (nSPS) is 10.2. The van der Waals surface area contributed by atoms with Gasteiger partial charge in [-0.15, -0.1) is 0 Å². The van der Waals surface area contributed by atoms with Gasteiger partial charge in [-0.25, -0.2) is 0 Å². The van der Waals surface area contributed by atoms with E-state index in [2.05, 4.69) is 104 Å². The number of benzene rings is 3. The molecule has 0 saturated heterocycles. The van der Waals surface area contributed by atoms with Crippen molar-refractivity contribution >= 4 is 85.1 Å². The number of carbonyl (C=O) groups is 1. The Morgan fingerprint density at radius 3 is 2.18 bits per heavy atom. The highest BCUT2D eigenvalue weighted by atomic mass is 127. The highest BCUT2D eigenvalue weighted by molar-refractivity contribution is 14.3. The number of amides is 1. The van der Waals surface area contributed by atoms with Gasteiger partial charge in [0.05, 0.1) is 11.4 Å². The molecule has 28 heavy (non-hydrogen) atoms. The first-order chi connectivity index (χ1) is 13.4. The molecule has 0 aliphatic carbocycles. The van der Waals surface area contributed by atoms with Gasteiger partial charge in [0.2, 0.25) is 0 Å². The predicted octanol–water partition coefficient (Wildman–Crippen LogP) is 7.33. The lowest BCUT2D eigenvalue weighted by molar-refractivity contribution is 0.102. The lowest BCUT2D eigenvalue weighted by Crippen LogP contribution is -2.12. The van der Waals surface area contributed by atoms with Gasteiger partial charge in [-0.2, -0.15) is 0 Å². The number of aryl methyl sites for hydroxylation is 1. The van der Waals surface area contributed by atoms with E-state index < -0.39 is 0 Å². The van der Waals surface area contributed by atoms with Crippen molar-refractivity contribution in [3.05, 3.63) is 83.9 Å². The molecule has 0 atom stereocenters. The first kappa shape index (κ1) is 23.4. The summed E-state index contributed by atoms with van der Waals surface area (Å²) in [6.45, 7) is 2.14. The van der Waals surface area contributed by atoms with Crippen molar-refractivity contribution in [2.75, 3.05) is 11.1 Å². The maximum Gasteiger partial charge on any atom is 0.255 e. The van der Waals surface area contributed by atoms with Crippen LogP contribution in [0.5, 0.6) is 0 Å². The van der Waals surface area contributed by atoms with Crippen molar-refractivity contribution in [2.24, 2.45) is 0 Å². The van der Waals surface area contributed by atoms with Crippen LogP contribution < -0.4 is 11.1 Å². The van der Waals surface area contributed by atoms with Gasteiger partial charge in [0.15, 0.2) is 0 Å². The highest BCUT2D eigenvalue weighted by Gasteiger charge is 2.08. The Hall–Kier alpha value is -0.880. The number of anilines is 2. The first-order valence-electron chi connectivity index (χ1n) is 8.68. The monoisotopic (exact) mass is 710 g/mol. The maximum atomic E-state index is 12.3. The lowest BCUT2D eigenvalue weighted by atomic mass is 10.0. The lowest BCUT2D eigenvalue weighted by Gasteiger charge is -2.09. The second-order valence-electron chi connectivity index (χ2n) is 5.92. The fraction of sp³-hybridized carbons (Fsp3) is 0.136. The van der Waals surface area contributed by atoms with Gasteiger partial charge in [-0.3, -0.25) is 4.79 Å². The summed E-state index contributed by atoms with van der Waals surface area (Å²) in [5, 5.41) is 2.84. The van der Waals surface area contributed by atoms with Crippen molar-refractivity contribution < 1.29 is 4.79 Å². The summed E-state index contributed by atoms with van der Waals surface area (Å²) in [6, 6.07) is 23.3. The summed E-state index contributed by atoms with van der Waals surface area (Å²) in [7, 11) is 0. The minimum Gasteiger partial charge on any atom is -0.397 e. The molecule has 0 aromatic heterocycles. The Morgan fingerprint density at radius 1 is 0.929 bits per heavy atom. The number of rotatable bonds is 4. The van der Waals surface area contributed by atoms with E-state index in [0.717, 1.165) is 17.5 Å². The molecule has 0 unspecified atom stereocenters. The quantitative estimate of drug-likeness (QED) is 0.170. The van der Waals surface area contributed by atoms with Gasteiger partial charge in [0, 0.05) is 5.56 Å². The molecule has 3 rings (SSSR count). The van der Waals surface area contributed by atoms with Crippen LogP contribution in [0.4, 0.5) is 11.4 Å². The van der Waals surface area contributed by atoms with E-state index in [1.807, 2.05) is 36.4 Å². The Morgan fingerprint density at radius 2 is 1.57 bits per heavy atom. The Kier molecular flexibility index (Phi) is 10.00. The zero-order valence-corrected chi connectivity index (χ0v) is 21.8. The highest BCUT2D eigenvalue weighted by Crippen LogP contribution is 2.22. The van der Waals surface area contributed by atoms with Crippen LogP contribution in [0.2, 0.25) is 0 Å². The van der Waals surface area contributed by atoms with Gasteiger partial charge in [0.1, 0.15) is -0.0619 Å². The molecule has 0 aliphatic rings. The third-order valence-corrected chi connectivity index (χ3v) is 4.02. The number of alkyl halides is 3. The molecule has 3 N–H and O–H groups in total. The largest absolute Gasteiger partial charge is 0.397 e. The van der Waals surface area contributed by atoms with Gasteiger partial charge < -0.3 is 11.1 Å². The molecule has 0 radical (unpaired) electrons. The van der Waals surface area contributed by atoms with Crippen molar-refractivity contribution in [3.63, 3.8) is 0 Å². The minimum atomic E-state index is -0.165. The van der Waals surface area contributed by atoms with Gasteiger partial charge in [-0.05, 0) is 47.4 Å². The summed E-state index contributed by atoms with van der Waals surface area (Å²) in [5.41, 5.74) is 11.2. The van der Waals surface area contributed by atoms with Crippen LogP contribution in [-0.4, -0.2) is 5.85 Å². The maximum absolute atomic E-state index is 12.3. The minimum absolute atomic E-state index is 0.165. The van der Waals surface area contributed by atoms with E-state index in [0.29, 0.717) is 16.9 Å². The van der Waals surface area contributed by atoms with E-state index in [4.69, 9.17) is 5.73 Å². The number of para-hydroxylation sites is 2. The zero-order valence-electron chi connectivity index (χ0n) is 15.3. The summed E-state index contributed by atoms with van der Waals surface area (Å²) >= 11 is 6.95. The molecule has 0 heterocycles. The number of halogens is 3. The molecule has 146 valence electrons. The second-order valence-corrected chi connectivity index (χ2v) is 16.8. The molecular formula is C22H21I3N2O. The molecule has 0 fully saturated rings. The number of hydrogen-bond donors (Lipinski definition) is 2. The standard InChI is InChI=1S/C21H20N2O.CHI3/c1-2-15-6-5-7-18(14-15)16-10-12-17(13-11-16)21(24)23-20-9-4-3-8-19(20)22;2-1(3)4/h3-14H,2,22H2,1H3,(H,23,24);1H. The van der Waals surface area contributed by atoms with Gasteiger partial charge in [-0.1, -0.05) is 123 Å². The van der Waals surface area contributed by atoms with Crippen LogP contribution in [0.15, 0.2) is 72.8 Å². The van der Waals surface area contributed by atoms with E-state index >= 15 is 0 Å². The Balaban J connectivity index is 0.000000640. The number of nitrogens with two attached hydrogens (primary N) is 1. The SMILES string of the molecule is CCc1cccc(-c2ccc(C(=O)Nc3ccccc3N)cc2)c1.IC(I)I. The molecule has 3 aromatic carbocycles. The van der Waals surface area contributed by atoms with Crippen LogP contribution in [0.1, 0.15) is 22.8 Å². The fourth-order valence-corrected chi connectivity index (χ4v) is 2.59. The van der Waals surface area contributed by atoms with Gasteiger partial charge >= 0.3 is 0 Å². The van der Waals surface area contributed by atoms with E-state index in [1.165, 1.54) is 5.56 Å². The number of carbonyl (C=O) groups excluding carboxylic acids is 1. The van der Waals surface area contributed by atoms with Crippen molar-refractivity contribution in [2.45, 2.75) is 13.3 Å². The molecule has 3 nitrogen and oxygen atoms in total. The second kappa shape index (κ2) is 12.0. The predicted molar refractivity (Wildman–Crippen MR) is 146 cm³/mol. The first-order valence-corrected chi connectivity index (χ1v) is 12.4. The van der Waals surface area contributed by atoms with Gasteiger partial charge in [0.25, 0.3) is 5.91 Å². The Bertz CT molecular complexity index is 909. The summed E-state index contributed by atoms with van der Waals surface area (Å²) in [6.07, 6.45) is 1.01. The van der Waals surface area contributed by atoms with Crippen LogP contribution in [0, 0.1) is 0 Å². The van der Waals surface area contributed by atoms with Crippen LogP contribution in [-0.2, 0) is 6.42 Å². The van der Waals surface area contributed by atoms with E-state index in [1.54, 1.807) is 12.1 Å². The number of hydrogen-bond acceptors (Lipinski definition) is 2. The Labute approximate surface area is 207 Å². The van der Waals surface area contributed by atoms with Crippen molar-refractivity contribution in [1.82, 2.24) is 0 Å². The fourth-order valence-electron chi connectivity index (χ4n) is 2.59. The third kappa shape index (κ3) is 7.51. The molecule has 0 spiro atoms. The van der Waals surface area contributed by atoms with Crippen LogP contribution in [0.3, 0.4) is 0 Å². The average Bonchev–Trinajstić information content (AvgIpc) is 2.69. The summed E-state index contributed by atoms with van der Waals surface area (Å²) in [5.74, 6) is -0.165. The molecule has 6 heteroatoms. The molecule has 3 aromatic rings. The van der Waals surface area contributed by atoms with Crippen molar-refractivity contribution in [3.8, 4) is 11.1 Å². The van der Waals surface area contributed by atoms with Crippen molar-refractivity contribution in [1.29, 1.82) is 0 Å². The van der Waals surface area contributed by atoms with E-state index in [-0.39, 0.29) is 5.91 Å². The van der Waals surface area contributed by atoms with E-state index in [9.17, 15) is 4.79 Å². The average molecular weight is 710 g/mol. The molecular weight excluding hydrogens is 689 g/mol. The molecule has 0 saturated carbocycles. The topological polar surface area (TPSA) is 55.1 Å². The number of nitrogens with one attached hydrogen (secondary N) is 1. The zero-order chi connectivity index (χ0) is 20.5. The van der Waals surface area contributed by atoms with Crippen LogP contribution >= 0.6 is 67.8 Å². The summed E-state index contributed by atoms with van der Waals surface area (Å²) in [4.78, 5) is 12.3. The molecule has 0 bridgehead atoms. The smallest absolute Gasteiger partial charge is 0.255 e. The molecule has 0 aliphatic heterocycles. The molecule has 1 amide bonds. The summed E-state index contributed by atoms with van der Waals surface area (Å²) < 4.78 is 0.743. The van der Waals surface area contributed by atoms with Crippen LogP contribution in [0.25, 0.3) is 11.1 Å².